The van der Waals surface area contributed by atoms with Gasteiger partial charge in [0, 0.05) is 6.04 Å². The third-order valence-electron chi connectivity index (χ3n) is 2.50. The van der Waals surface area contributed by atoms with Crippen molar-refractivity contribution in [2.24, 2.45) is 5.41 Å². The minimum absolute atomic E-state index is 0.100. The molecule has 0 saturated heterocycles. The highest BCUT2D eigenvalue weighted by molar-refractivity contribution is 4.62. The molecule has 0 radical (unpaired) electrons. The zero-order valence-corrected chi connectivity index (χ0v) is 10.3. The highest BCUT2D eigenvalue weighted by Crippen LogP contribution is 2.22. The summed E-state index contributed by atoms with van der Waals surface area (Å²) in [7, 11) is 0. The first-order valence-corrected chi connectivity index (χ1v) is 5.80. The average Bonchev–Trinajstić information content (AvgIpc) is 2.02. The molecule has 0 aromatic rings. The Labute approximate surface area is 89.1 Å². The van der Waals surface area contributed by atoms with Crippen LogP contribution in [-0.4, -0.2) is 17.9 Å². The van der Waals surface area contributed by atoms with E-state index >= 15 is 0 Å². The quantitative estimate of drug-likeness (QED) is 0.490. The fraction of sp³-hybridized carbons (Fsp3) is 1.00. The molecule has 0 unspecified atom stereocenters. The van der Waals surface area contributed by atoms with Gasteiger partial charge in [-0.3, -0.25) is 5.32 Å². The third kappa shape index (κ3) is 10.0. The second kappa shape index (κ2) is 7.24. The normalized spacial score (nSPS) is 14.4. The van der Waals surface area contributed by atoms with Gasteiger partial charge in [0.15, 0.2) is 0 Å². The van der Waals surface area contributed by atoms with E-state index in [1.165, 1.54) is 32.1 Å². The number of hydrogen-bond donors (Lipinski definition) is 2. The summed E-state index contributed by atoms with van der Waals surface area (Å²) >= 11 is 0. The zero-order chi connectivity index (χ0) is 11.0. The second-order valence-corrected chi connectivity index (χ2v) is 5.42. The fourth-order valence-electron chi connectivity index (χ4n) is 1.54. The predicted octanol–water partition coefficient (Wildman–Crippen LogP) is 2.91. The van der Waals surface area contributed by atoms with Crippen LogP contribution in [0.2, 0.25) is 0 Å². The minimum atomic E-state index is 0.100. The Hall–Kier alpha value is -0.0800. The molecule has 0 saturated carbocycles. The van der Waals surface area contributed by atoms with Gasteiger partial charge in [0.1, 0.15) is 0 Å². The minimum Gasteiger partial charge on any atom is -0.381 e. The van der Waals surface area contributed by atoms with Gasteiger partial charge < -0.3 is 5.11 Å². The maximum atomic E-state index is 8.63. The Kier molecular flexibility index (Phi) is 7.20. The summed E-state index contributed by atoms with van der Waals surface area (Å²) in [5.74, 6) is 0. The second-order valence-electron chi connectivity index (χ2n) is 5.42. The van der Waals surface area contributed by atoms with Gasteiger partial charge in [0.2, 0.25) is 0 Å². The van der Waals surface area contributed by atoms with Crippen LogP contribution in [0.3, 0.4) is 0 Å². The van der Waals surface area contributed by atoms with E-state index in [4.69, 9.17) is 5.11 Å². The molecule has 0 fully saturated rings. The van der Waals surface area contributed by atoms with Gasteiger partial charge in [-0.1, -0.05) is 40.0 Å². The predicted molar refractivity (Wildman–Crippen MR) is 62.2 cm³/mol. The summed E-state index contributed by atoms with van der Waals surface area (Å²) in [5.41, 5.74) is 0.481. The molecule has 14 heavy (non-hydrogen) atoms. The van der Waals surface area contributed by atoms with Crippen LogP contribution >= 0.6 is 0 Å². The van der Waals surface area contributed by atoms with Gasteiger partial charge in [-0.2, -0.15) is 0 Å². The molecule has 0 rings (SSSR count). The van der Waals surface area contributed by atoms with E-state index in [1.807, 2.05) is 0 Å². The van der Waals surface area contributed by atoms with Crippen molar-refractivity contribution in [3.63, 3.8) is 0 Å². The van der Waals surface area contributed by atoms with Crippen LogP contribution in [0.5, 0.6) is 0 Å². The molecule has 0 aromatic carbocycles. The Balaban J connectivity index is 3.21. The van der Waals surface area contributed by atoms with Gasteiger partial charge >= 0.3 is 0 Å². The molecule has 0 aliphatic heterocycles. The molecule has 2 N–H and O–H groups in total. The average molecular weight is 201 g/mol. The third-order valence-corrected chi connectivity index (χ3v) is 2.50. The molecule has 2 nitrogen and oxygen atoms in total. The highest BCUT2D eigenvalue weighted by atomic mass is 16.3. The van der Waals surface area contributed by atoms with Crippen molar-refractivity contribution < 1.29 is 5.11 Å². The molecule has 0 aliphatic carbocycles. The van der Waals surface area contributed by atoms with Gasteiger partial charge in [-0.15, -0.1) is 0 Å². The van der Waals surface area contributed by atoms with Crippen LogP contribution in [0.15, 0.2) is 0 Å². The lowest BCUT2D eigenvalue weighted by Gasteiger charge is -2.18. The number of rotatable bonds is 7. The first-order chi connectivity index (χ1) is 6.45. The first-order valence-electron chi connectivity index (χ1n) is 5.80. The molecule has 0 aromatic heterocycles. The monoisotopic (exact) mass is 201 g/mol. The lowest BCUT2D eigenvalue weighted by atomic mass is 9.89. The van der Waals surface area contributed by atoms with Gasteiger partial charge in [0.25, 0.3) is 0 Å². The summed E-state index contributed by atoms with van der Waals surface area (Å²) in [6.07, 6.45) is 6.40. The highest BCUT2D eigenvalue weighted by Gasteiger charge is 2.08. The number of hydrogen-bond acceptors (Lipinski definition) is 2. The largest absolute Gasteiger partial charge is 0.381 e. The van der Waals surface area contributed by atoms with Gasteiger partial charge in [0.05, 0.1) is 6.73 Å². The maximum absolute atomic E-state index is 8.63. The number of aliphatic hydroxyl groups is 1. The smallest absolute Gasteiger partial charge is 0.0933 e. The number of aliphatic hydroxyl groups excluding tert-OH is 1. The van der Waals surface area contributed by atoms with Crippen molar-refractivity contribution in [1.29, 1.82) is 0 Å². The van der Waals surface area contributed by atoms with Crippen molar-refractivity contribution in [3.8, 4) is 0 Å². The summed E-state index contributed by atoms with van der Waals surface area (Å²) in [4.78, 5) is 0. The lowest BCUT2D eigenvalue weighted by molar-refractivity contribution is 0.239. The summed E-state index contributed by atoms with van der Waals surface area (Å²) < 4.78 is 0. The van der Waals surface area contributed by atoms with E-state index in [9.17, 15) is 0 Å². The summed E-state index contributed by atoms with van der Waals surface area (Å²) in [6, 6.07) is 0.453. The number of nitrogens with one attached hydrogen (secondary N) is 1. The van der Waals surface area contributed by atoms with E-state index in [-0.39, 0.29) is 6.73 Å². The summed E-state index contributed by atoms with van der Waals surface area (Å²) in [5, 5.41) is 11.6. The van der Waals surface area contributed by atoms with Crippen LogP contribution in [0, 0.1) is 5.41 Å². The van der Waals surface area contributed by atoms with Gasteiger partial charge in [-0.25, -0.2) is 0 Å². The number of unbranched alkanes of at least 4 members (excludes halogenated alkanes) is 2. The van der Waals surface area contributed by atoms with Crippen molar-refractivity contribution in [2.45, 2.75) is 65.8 Å². The lowest BCUT2D eigenvalue weighted by Crippen LogP contribution is -2.26. The standard InChI is InChI=1S/C12H27NO/c1-11(13-10-14)8-6-5-7-9-12(2,3)4/h11,13-14H,5-10H2,1-4H3/t11-/m0/s1. The Morgan fingerprint density at radius 1 is 1.14 bits per heavy atom. The van der Waals surface area contributed by atoms with Crippen LogP contribution in [0.4, 0.5) is 0 Å². The van der Waals surface area contributed by atoms with Crippen LogP contribution in [0.1, 0.15) is 59.8 Å². The van der Waals surface area contributed by atoms with Crippen molar-refractivity contribution in [3.05, 3.63) is 0 Å². The van der Waals surface area contributed by atoms with E-state index < -0.39 is 0 Å². The van der Waals surface area contributed by atoms with Gasteiger partial charge in [-0.05, 0) is 25.2 Å². The van der Waals surface area contributed by atoms with E-state index in [2.05, 4.69) is 33.0 Å². The molecular weight excluding hydrogens is 174 g/mol. The Morgan fingerprint density at radius 3 is 2.29 bits per heavy atom. The molecule has 2 heteroatoms. The topological polar surface area (TPSA) is 32.3 Å². The zero-order valence-electron chi connectivity index (χ0n) is 10.3. The molecule has 0 aliphatic rings. The van der Waals surface area contributed by atoms with Crippen molar-refractivity contribution in [1.82, 2.24) is 5.32 Å². The van der Waals surface area contributed by atoms with E-state index in [0.717, 1.165) is 0 Å². The molecular formula is C12H27NO. The van der Waals surface area contributed by atoms with Crippen molar-refractivity contribution >= 4 is 0 Å². The maximum Gasteiger partial charge on any atom is 0.0933 e. The molecule has 1 atom stereocenters. The van der Waals surface area contributed by atoms with E-state index in [1.54, 1.807) is 0 Å². The summed E-state index contributed by atoms with van der Waals surface area (Å²) in [6.45, 7) is 9.11. The van der Waals surface area contributed by atoms with Crippen LogP contribution in [0.25, 0.3) is 0 Å². The Bertz CT molecular complexity index is 129. The fourth-order valence-corrected chi connectivity index (χ4v) is 1.54. The first kappa shape index (κ1) is 13.9. The molecule has 0 amide bonds. The Morgan fingerprint density at radius 2 is 1.79 bits per heavy atom. The molecule has 0 heterocycles. The van der Waals surface area contributed by atoms with Crippen molar-refractivity contribution in [2.75, 3.05) is 6.73 Å². The van der Waals surface area contributed by atoms with Crippen LogP contribution in [-0.2, 0) is 0 Å². The molecule has 0 spiro atoms. The molecule has 86 valence electrons. The molecule has 0 bridgehead atoms. The SMILES string of the molecule is C[C@@H](CCCCCC(C)(C)C)NCO. The van der Waals surface area contributed by atoms with Crippen LogP contribution < -0.4 is 5.32 Å². The van der Waals surface area contributed by atoms with E-state index in [0.29, 0.717) is 11.5 Å².